The van der Waals surface area contributed by atoms with Crippen LogP contribution in [0.2, 0.25) is 0 Å². The number of hydrogen-bond donors (Lipinski definition) is 1. The summed E-state index contributed by atoms with van der Waals surface area (Å²) in [5.74, 6) is 0.133. The van der Waals surface area contributed by atoms with Gasteiger partial charge in [-0.1, -0.05) is 0 Å². The van der Waals surface area contributed by atoms with Gasteiger partial charge in [0.05, 0.1) is 24.1 Å². The largest absolute Gasteiger partial charge is 0.467 e. The Kier molecular flexibility index (Phi) is 5.93. The van der Waals surface area contributed by atoms with E-state index in [-0.39, 0.29) is 17.3 Å². The predicted octanol–water partition coefficient (Wildman–Crippen LogP) is 2.89. The molecule has 1 aromatic carbocycles. The zero-order chi connectivity index (χ0) is 17.5. The van der Waals surface area contributed by atoms with Crippen LogP contribution in [-0.4, -0.2) is 43.0 Å². The number of likely N-dealkylation sites (N-methyl/N-ethyl adjacent to an activating group) is 1. The zero-order valence-electron chi connectivity index (χ0n) is 13.6. The number of anilines is 1. The Morgan fingerprint density at radius 2 is 2.12 bits per heavy atom. The van der Waals surface area contributed by atoms with E-state index < -0.39 is 5.82 Å². The number of carbonyl (C=O) groups excluding carboxylic acids is 1. The van der Waals surface area contributed by atoms with Gasteiger partial charge < -0.3 is 19.5 Å². The van der Waals surface area contributed by atoms with Crippen molar-refractivity contribution in [1.29, 1.82) is 5.26 Å². The first-order valence-corrected chi connectivity index (χ1v) is 7.42. The third-order valence-corrected chi connectivity index (χ3v) is 3.37. The molecule has 0 aliphatic carbocycles. The van der Waals surface area contributed by atoms with Gasteiger partial charge in [0, 0.05) is 13.1 Å². The lowest BCUT2D eigenvalue weighted by Gasteiger charge is -2.24. The second-order valence-corrected chi connectivity index (χ2v) is 5.54. The minimum absolute atomic E-state index is 0.0777. The van der Waals surface area contributed by atoms with Gasteiger partial charge >= 0.3 is 6.03 Å². The Labute approximate surface area is 140 Å². The van der Waals surface area contributed by atoms with Gasteiger partial charge in [-0.25, -0.2) is 9.18 Å². The highest BCUT2D eigenvalue weighted by Crippen LogP contribution is 2.17. The van der Waals surface area contributed by atoms with Crippen LogP contribution in [0.5, 0.6) is 0 Å². The van der Waals surface area contributed by atoms with E-state index in [4.69, 9.17) is 9.68 Å². The lowest BCUT2D eigenvalue weighted by Crippen LogP contribution is -2.39. The first-order chi connectivity index (χ1) is 11.5. The maximum Gasteiger partial charge on any atom is 0.322 e. The van der Waals surface area contributed by atoms with Crippen LogP contribution in [0, 0.1) is 17.1 Å². The van der Waals surface area contributed by atoms with Crippen LogP contribution in [0.3, 0.4) is 0 Å². The molecule has 1 aromatic heterocycles. The van der Waals surface area contributed by atoms with Gasteiger partial charge in [-0.15, -0.1) is 0 Å². The first-order valence-electron chi connectivity index (χ1n) is 7.42. The maximum atomic E-state index is 13.2. The fraction of sp³-hybridized carbons (Fsp3) is 0.294. The smallest absolute Gasteiger partial charge is 0.322 e. The van der Waals surface area contributed by atoms with Crippen LogP contribution in [0.1, 0.15) is 11.3 Å². The Morgan fingerprint density at radius 1 is 1.33 bits per heavy atom. The number of benzene rings is 1. The van der Waals surface area contributed by atoms with Crippen LogP contribution in [0.25, 0.3) is 0 Å². The van der Waals surface area contributed by atoms with Gasteiger partial charge in [0.1, 0.15) is 17.6 Å². The summed E-state index contributed by atoms with van der Waals surface area (Å²) in [6, 6.07) is 8.71. The minimum atomic E-state index is -0.524. The number of amides is 2. The van der Waals surface area contributed by atoms with Gasteiger partial charge in [0.15, 0.2) is 0 Å². The lowest BCUT2D eigenvalue weighted by molar-refractivity contribution is 0.197. The van der Waals surface area contributed by atoms with E-state index in [0.29, 0.717) is 25.4 Å². The summed E-state index contributed by atoms with van der Waals surface area (Å²) in [5, 5.41) is 11.7. The van der Waals surface area contributed by atoms with Gasteiger partial charge in [-0.3, -0.25) is 0 Å². The number of carbonyl (C=O) groups is 1. The third-order valence-electron chi connectivity index (χ3n) is 3.37. The molecule has 2 rings (SSSR count). The summed E-state index contributed by atoms with van der Waals surface area (Å²) in [7, 11) is 3.83. The number of rotatable bonds is 6. The van der Waals surface area contributed by atoms with Crippen LogP contribution < -0.4 is 5.32 Å². The number of nitrogens with one attached hydrogen (secondary N) is 1. The van der Waals surface area contributed by atoms with Crippen LogP contribution >= 0.6 is 0 Å². The number of urea groups is 1. The van der Waals surface area contributed by atoms with Crippen molar-refractivity contribution in [3.05, 3.63) is 53.7 Å². The highest BCUT2D eigenvalue weighted by molar-refractivity contribution is 5.90. The average molecular weight is 330 g/mol. The summed E-state index contributed by atoms with van der Waals surface area (Å²) >= 11 is 0. The SMILES string of the molecule is CN(C)CCN(Cc1ccco1)C(=O)Nc1ccc(F)cc1C#N. The number of nitriles is 1. The molecule has 0 radical (unpaired) electrons. The highest BCUT2D eigenvalue weighted by Gasteiger charge is 2.17. The topological polar surface area (TPSA) is 72.5 Å². The van der Waals surface area contributed by atoms with Crippen LogP contribution in [0.15, 0.2) is 41.0 Å². The fourth-order valence-electron chi connectivity index (χ4n) is 2.08. The Hall–Kier alpha value is -2.85. The molecule has 24 heavy (non-hydrogen) atoms. The molecular formula is C17H19FN4O2. The Bertz CT molecular complexity index is 723. The number of furan rings is 1. The van der Waals surface area contributed by atoms with Crippen molar-refractivity contribution >= 4 is 11.7 Å². The number of hydrogen-bond acceptors (Lipinski definition) is 4. The highest BCUT2D eigenvalue weighted by atomic mass is 19.1. The summed E-state index contributed by atoms with van der Waals surface area (Å²) in [5.41, 5.74) is 0.354. The first kappa shape index (κ1) is 17.5. The van der Waals surface area contributed by atoms with E-state index >= 15 is 0 Å². The molecule has 0 atom stereocenters. The van der Waals surface area contributed by atoms with E-state index in [1.807, 2.05) is 25.1 Å². The second-order valence-electron chi connectivity index (χ2n) is 5.54. The predicted molar refractivity (Wildman–Crippen MR) is 87.8 cm³/mol. The molecule has 0 saturated heterocycles. The molecule has 126 valence electrons. The molecule has 7 heteroatoms. The molecule has 0 bridgehead atoms. The Morgan fingerprint density at radius 3 is 2.75 bits per heavy atom. The minimum Gasteiger partial charge on any atom is -0.467 e. The Balaban J connectivity index is 2.13. The molecule has 0 aliphatic heterocycles. The van der Waals surface area contributed by atoms with Gasteiger partial charge in [0.2, 0.25) is 0 Å². The summed E-state index contributed by atoms with van der Waals surface area (Å²) in [4.78, 5) is 16.1. The maximum absolute atomic E-state index is 13.2. The van der Waals surface area contributed by atoms with Crippen molar-refractivity contribution in [2.45, 2.75) is 6.54 Å². The molecule has 0 aliphatic rings. The van der Waals surface area contributed by atoms with Crippen molar-refractivity contribution in [3.63, 3.8) is 0 Å². The molecule has 1 heterocycles. The molecule has 0 saturated carbocycles. The van der Waals surface area contributed by atoms with E-state index in [1.165, 1.54) is 12.1 Å². The molecule has 2 aromatic rings. The lowest BCUT2D eigenvalue weighted by atomic mass is 10.2. The number of nitrogens with zero attached hydrogens (tertiary/aromatic N) is 3. The van der Waals surface area contributed by atoms with Crippen molar-refractivity contribution in [3.8, 4) is 6.07 Å². The molecule has 0 spiro atoms. The summed E-state index contributed by atoms with van der Waals surface area (Å²) in [6.45, 7) is 1.45. The van der Waals surface area contributed by atoms with Gasteiger partial charge in [-0.2, -0.15) is 5.26 Å². The summed E-state index contributed by atoms with van der Waals surface area (Å²) in [6.07, 6.45) is 1.55. The van der Waals surface area contributed by atoms with Crippen LogP contribution in [0.4, 0.5) is 14.9 Å². The standard InChI is InChI=1S/C17H19FN4O2/c1-21(2)7-8-22(12-15-4-3-9-24-15)17(23)20-16-6-5-14(18)10-13(16)11-19/h3-6,9-10H,7-8,12H2,1-2H3,(H,20,23). The molecule has 0 fully saturated rings. The number of halogens is 1. The van der Waals surface area contributed by atoms with Crippen molar-refractivity contribution in [2.75, 3.05) is 32.5 Å². The van der Waals surface area contributed by atoms with Gasteiger partial charge in [0.25, 0.3) is 0 Å². The van der Waals surface area contributed by atoms with Crippen molar-refractivity contribution in [1.82, 2.24) is 9.80 Å². The molecular weight excluding hydrogens is 311 g/mol. The zero-order valence-corrected chi connectivity index (χ0v) is 13.6. The van der Waals surface area contributed by atoms with Crippen LogP contribution in [-0.2, 0) is 6.54 Å². The molecule has 6 nitrogen and oxygen atoms in total. The van der Waals surface area contributed by atoms with E-state index in [2.05, 4.69) is 5.32 Å². The van der Waals surface area contributed by atoms with Gasteiger partial charge in [-0.05, 0) is 44.4 Å². The molecule has 0 unspecified atom stereocenters. The summed E-state index contributed by atoms with van der Waals surface area (Å²) < 4.78 is 18.5. The molecule has 1 N–H and O–H groups in total. The quantitative estimate of drug-likeness (QED) is 0.884. The van der Waals surface area contributed by atoms with E-state index in [9.17, 15) is 9.18 Å². The molecule has 2 amide bonds. The van der Waals surface area contributed by atoms with E-state index in [1.54, 1.807) is 23.3 Å². The van der Waals surface area contributed by atoms with Crippen molar-refractivity contribution < 1.29 is 13.6 Å². The third kappa shape index (κ3) is 4.83. The fourth-order valence-corrected chi connectivity index (χ4v) is 2.08. The monoisotopic (exact) mass is 330 g/mol. The van der Waals surface area contributed by atoms with E-state index in [0.717, 1.165) is 6.07 Å². The van der Waals surface area contributed by atoms with Crippen molar-refractivity contribution in [2.24, 2.45) is 0 Å². The normalized spacial score (nSPS) is 10.5. The second kappa shape index (κ2) is 8.13. The average Bonchev–Trinajstić information content (AvgIpc) is 3.05.